The molecule has 0 saturated heterocycles. The van der Waals surface area contributed by atoms with Crippen molar-refractivity contribution in [3.05, 3.63) is 16.3 Å². The van der Waals surface area contributed by atoms with Crippen LogP contribution in [0.15, 0.2) is 0 Å². The molecule has 1 amide bonds. The number of nitrogens with two attached hydrogens (primary N) is 1. The van der Waals surface area contributed by atoms with E-state index in [1.807, 2.05) is 6.92 Å². The maximum atomic E-state index is 12.7. The van der Waals surface area contributed by atoms with Gasteiger partial charge in [-0.1, -0.05) is 19.8 Å². The maximum Gasteiger partial charge on any atom is 0.261 e. The Hall–Kier alpha value is -1.48. The van der Waals surface area contributed by atoms with Crippen LogP contribution in [-0.4, -0.2) is 42.7 Å². The lowest BCUT2D eigenvalue weighted by Gasteiger charge is -2.16. The highest BCUT2D eigenvalue weighted by Gasteiger charge is 2.22. The normalized spacial score (nSPS) is 11.9. The van der Waals surface area contributed by atoms with Gasteiger partial charge in [-0.2, -0.15) is 4.98 Å². The van der Waals surface area contributed by atoms with E-state index in [1.54, 1.807) is 14.2 Å². The van der Waals surface area contributed by atoms with Crippen LogP contribution in [0.25, 0.3) is 10.2 Å². The number of methoxy groups -OCH3 is 2. The second kappa shape index (κ2) is 10.6. The predicted molar refractivity (Wildman–Crippen MR) is 106 cm³/mol. The van der Waals surface area contributed by atoms with Gasteiger partial charge in [0.25, 0.3) is 5.91 Å². The molecule has 1 atom stereocenters. The first-order valence-corrected chi connectivity index (χ1v) is 9.21. The lowest BCUT2D eigenvalue weighted by atomic mass is 10.1. The van der Waals surface area contributed by atoms with E-state index >= 15 is 0 Å². The molecule has 2 aromatic heterocycles. The van der Waals surface area contributed by atoms with E-state index in [2.05, 4.69) is 22.2 Å². The van der Waals surface area contributed by atoms with Gasteiger partial charge in [-0.05, 0) is 18.9 Å². The summed E-state index contributed by atoms with van der Waals surface area (Å²) in [6.45, 7) is 4.72. The minimum absolute atomic E-state index is 0. The first-order valence-electron chi connectivity index (χ1n) is 8.39. The Balaban J connectivity index is 0.00000338. The molecule has 26 heavy (non-hydrogen) atoms. The van der Waals surface area contributed by atoms with Crippen molar-refractivity contribution in [3.63, 3.8) is 0 Å². The van der Waals surface area contributed by atoms with Crippen LogP contribution in [0.5, 0.6) is 5.88 Å². The number of nitrogens with one attached hydrogen (secondary N) is 1. The van der Waals surface area contributed by atoms with Crippen molar-refractivity contribution in [1.82, 2.24) is 15.3 Å². The highest BCUT2D eigenvalue weighted by Crippen LogP contribution is 2.35. The number of rotatable bonds is 9. The number of amides is 1. The van der Waals surface area contributed by atoms with Gasteiger partial charge in [-0.25, -0.2) is 4.98 Å². The highest BCUT2D eigenvalue weighted by molar-refractivity contribution is 7.20. The molecule has 0 aliphatic carbocycles. The molecule has 9 heteroatoms. The molecule has 0 spiro atoms. The molecule has 0 saturated carbocycles. The Bertz CT molecular complexity index is 738. The first kappa shape index (κ1) is 22.6. The summed E-state index contributed by atoms with van der Waals surface area (Å²) in [6, 6.07) is -0.0194. The largest absolute Gasteiger partial charge is 0.480 e. The molecule has 0 aliphatic heterocycles. The van der Waals surface area contributed by atoms with Crippen molar-refractivity contribution < 1.29 is 14.3 Å². The predicted octanol–water partition coefficient (Wildman–Crippen LogP) is 2.82. The number of halogens is 1. The number of ether oxygens (including phenoxy) is 2. The van der Waals surface area contributed by atoms with E-state index in [1.165, 1.54) is 11.3 Å². The highest BCUT2D eigenvalue weighted by atomic mass is 35.5. The van der Waals surface area contributed by atoms with Crippen LogP contribution in [0.2, 0.25) is 0 Å². The molecule has 2 heterocycles. The van der Waals surface area contributed by atoms with E-state index in [0.29, 0.717) is 23.1 Å². The van der Waals surface area contributed by atoms with Gasteiger partial charge in [0, 0.05) is 19.7 Å². The summed E-state index contributed by atoms with van der Waals surface area (Å²) in [7, 11) is 3.15. The number of unbranched alkanes of at least 4 members (excludes halogenated alkanes) is 1. The van der Waals surface area contributed by atoms with Crippen LogP contribution in [0.4, 0.5) is 0 Å². The molecule has 0 bridgehead atoms. The Labute approximate surface area is 164 Å². The smallest absolute Gasteiger partial charge is 0.261 e. The fourth-order valence-corrected chi connectivity index (χ4v) is 3.75. The molecule has 7 nitrogen and oxygen atoms in total. The van der Waals surface area contributed by atoms with Crippen molar-refractivity contribution in [1.29, 1.82) is 0 Å². The van der Waals surface area contributed by atoms with Gasteiger partial charge in [0.15, 0.2) is 5.82 Å². The standard InChI is InChI=1S/C17H26N4O3S.ClH/c1-5-6-7-11(8-18)19-15(22)14-10(2)13-16(24-4)20-12(9-23-3)21-17(13)25-14;/h11H,5-9,18H2,1-4H3,(H,19,22);1H. The Morgan fingerprint density at radius 1 is 1.35 bits per heavy atom. The number of aryl methyl sites for hydroxylation is 1. The quantitative estimate of drug-likeness (QED) is 0.669. The molecule has 0 fully saturated rings. The van der Waals surface area contributed by atoms with Crippen molar-refractivity contribution in [2.45, 2.75) is 45.8 Å². The summed E-state index contributed by atoms with van der Waals surface area (Å²) >= 11 is 1.34. The third-order valence-electron chi connectivity index (χ3n) is 4.00. The van der Waals surface area contributed by atoms with Gasteiger partial charge in [-0.15, -0.1) is 23.7 Å². The van der Waals surface area contributed by atoms with E-state index in [9.17, 15) is 4.79 Å². The van der Waals surface area contributed by atoms with Gasteiger partial charge in [0.05, 0.1) is 17.4 Å². The molecule has 0 aromatic carbocycles. The summed E-state index contributed by atoms with van der Waals surface area (Å²) in [6.07, 6.45) is 2.99. The zero-order valence-electron chi connectivity index (χ0n) is 15.6. The number of hydrogen-bond acceptors (Lipinski definition) is 7. The molecular weight excluding hydrogens is 376 g/mol. The summed E-state index contributed by atoms with van der Waals surface area (Å²) in [5.41, 5.74) is 6.61. The molecule has 3 N–H and O–H groups in total. The zero-order chi connectivity index (χ0) is 18.4. The zero-order valence-corrected chi connectivity index (χ0v) is 17.3. The molecule has 2 aromatic rings. The third-order valence-corrected chi connectivity index (χ3v) is 5.19. The lowest BCUT2D eigenvalue weighted by molar-refractivity contribution is 0.0939. The summed E-state index contributed by atoms with van der Waals surface area (Å²) in [5, 5.41) is 3.80. The summed E-state index contributed by atoms with van der Waals surface area (Å²) in [4.78, 5) is 22.9. The first-order chi connectivity index (χ1) is 12.0. The number of nitrogens with zero attached hydrogens (tertiary/aromatic N) is 2. The Morgan fingerprint density at radius 3 is 2.65 bits per heavy atom. The van der Waals surface area contributed by atoms with Crippen LogP contribution >= 0.6 is 23.7 Å². The number of aromatic nitrogens is 2. The average Bonchev–Trinajstić information content (AvgIpc) is 2.95. The van der Waals surface area contributed by atoms with Crippen LogP contribution in [0, 0.1) is 6.92 Å². The molecule has 0 aliphatic rings. The minimum Gasteiger partial charge on any atom is -0.480 e. The Morgan fingerprint density at radius 2 is 2.08 bits per heavy atom. The molecule has 1 unspecified atom stereocenters. The van der Waals surface area contributed by atoms with Gasteiger partial charge in [0.2, 0.25) is 5.88 Å². The Kier molecular flexibility index (Phi) is 9.21. The number of hydrogen-bond donors (Lipinski definition) is 2. The van der Waals surface area contributed by atoms with Crippen LogP contribution in [0.1, 0.15) is 47.2 Å². The van der Waals surface area contributed by atoms with Crippen LogP contribution < -0.4 is 15.8 Å². The molecular formula is C17H27ClN4O3S. The average molecular weight is 403 g/mol. The fourth-order valence-electron chi connectivity index (χ4n) is 2.65. The second-order valence-electron chi connectivity index (χ2n) is 5.87. The van der Waals surface area contributed by atoms with Crippen molar-refractivity contribution in [3.8, 4) is 5.88 Å². The molecule has 2 rings (SSSR count). The summed E-state index contributed by atoms with van der Waals surface area (Å²) < 4.78 is 10.5. The van der Waals surface area contributed by atoms with Gasteiger partial charge < -0.3 is 20.5 Å². The molecule has 146 valence electrons. The number of carbonyl (C=O) groups excluding carboxylic acids is 1. The number of thiophene rings is 1. The van der Waals surface area contributed by atoms with Gasteiger partial charge in [-0.3, -0.25) is 4.79 Å². The maximum absolute atomic E-state index is 12.7. The van der Waals surface area contributed by atoms with E-state index in [0.717, 1.165) is 35.0 Å². The second-order valence-corrected chi connectivity index (χ2v) is 6.87. The van der Waals surface area contributed by atoms with Crippen LogP contribution in [0.3, 0.4) is 0 Å². The molecule has 0 radical (unpaired) electrons. The van der Waals surface area contributed by atoms with Crippen LogP contribution in [-0.2, 0) is 11.3 Å². The lowest BCUT2D eigenvalue weighted by Crippen LogP contribution is -2.40. The monoisotopic (exact) mass is 402 g/mol. The van der Waals surface area contributed by atoms with E-state index < -0.39 is 0 Å². The van der Waals surface area contributed by atoms with Crippen molar-refractivity contribution >= 4 is 39.9 Å². The number of fused-ring (bicyclic) bond motifs is 1. The summed E-state index contributed by atoms with van der Waals surface area (Å²) in [5.74, 6) is 0.872. The van der Waals surface area contributed by atoms with Gasteiger partial charge >= 0.3 is 0 Å². The van der Waals surface area contributed by atoms with Crippen molar-refractivity contribution in [2.24, 2.45) is 5.73 Å². The van der Waals surface area contributed by atoms with E-state index in [4.69, 9.17) is 15.2 Å². The fraction of sp³-hybridized carbons (Fsp3) is 0.588. The van der Waals surface area contributed by atoms with Crippen molar-refractivity contribution in [2.75, 3.05) is 20.8 Å². The van der Waals surface area contributed by atoms with E-state index in [-0.39, 0.29) is 31.0 Å². The van der Waals surface area contributed by atoms with Gasteiger partial charge in [0.1, 0.15) is 11.4 Å². The SMILES string of the molecule is CCCCC(CN)NC(=O)c1sc2nc(COC)nc(OC)c2c1C.Cl. The number of carbonyl (C=O) groups is 1. The topological polar surface area (TPSA) is 99.4 Å². The minimum atomic E-state index is -0.123. The third kappa shape index (κ3) is 5.03.